The molecule has 0 amide bonds. The second-order valence-electron chi connectivity index (χ2n) is 4.79. The van der Waals surface area contributed by atoms with Crippen LogP contribution in [0, 0.1) is 0 Å². The van der Waals surface area contributed by atoms with Crippen LogP contribution in [-0.4, -0.2) is 14.8 Å². The van der Waals surface area contributed by atoms with Gasteiger partial charge in [0.2, 0.25) is 0 Å². The fourth-order valence-electron chi connectivity index (χ4n) is 1.94. The van der Waals surface area contributed by atoms with Gasteiger partial charge >= 0.3 is 0 Å². The van der Waals surface area contributed by atoms with Gasteiger partial charge in [-0.1, -0.05) is 29.3 Å². The van der Waals surface area contributed by atoms with Crippen LogP contribution in [0.25, 0.3) is 5.69 Å². The van der Waals surface area contributed by atoms with Crippen LogP contribution in [0.2, 0.25) is 10.0 Å². The van der Waals surface area contributed by atoms with E-state index in [0.717, 1.165) is 10.2 Å². The molecule has 5 nitrogen and oxygen atoms in total. The molecule has 0 bridgehead atoms. The highest BCUT2D eigenvalue weighted by Gasteiger charge is 2.12. The Bertz CT molecular complexity index is 912. The molecule has 0 fully saturated rings. The van der Waals surface area contributed by atoms with Crippen LogP contribution < -0.4 is 10.3 Å². The van der Waals surface area contributed by atoms with Crippen molar-refractivity contribution in [3.63, 3.8) is 0 Å². The van der Waals surface area contributed by atoms with Gasteiger partial charge in [-0.3, -0.25) is 4.79 Å². The first kappa shape index (κ1) is 17.0. The van der Waals surface area contributed by atoms with E-state index in [1.54, 1.807) is 36.5 Å². The molecule has 0 aliphatic rings. The fraction of sp³-hybridized carbons (Fsp3) is 0.0625. The number of rotatable bonds is 4. The first-order valence-corrected chi connectivity index (χ1v) is 8.36. The monoisotopic (exact) mass is 425 g/mol. The molecular formula is C16H10BrCl2N3O2. The van der Waals surface area contributed by atoms with Gasteiger partial charge in [0.25, 0.3) is 5.56 Å². The molecule has 0 aliphatic carbocycles. The topological polar surface area (TPSA) is 57.0 Å². The van der Waals surface area contributed by atoms with Crippen molar-refractivity contribution in [1.29, 1.82) is 0 Å². The van der Waals surface area contributed by atoms with Crippen molar-refractivity contribution in [2.45, 2.75) is 6.61 Å². The van der Waals surface area contributed by atoms with Crippen molar-refractivity contribution in [3.8, 4) is 11.4 Å². The molecule has 0 aliphatic heterocycles. The zero-order valence-electron chi connectivity index (χ0n) is 12.1. The van der Waals surface area contributed by atoms with Crippen molar-refractivity contribution in [3.05, 3.63) is 79.4 Å². The Morgan fingerprint density at radius 2 is 1.83 bits per heavy atom. The summed E-state index contributed by atoms with van der Waals surface area (Å²) >= 11 is 15.2. The van der Waals surface area contributed by atoms with E-state index >= 15 is 0 Å². The summed E-state index contributed by atoms with van der Waals surface area (Å²) in [6.07, 6.45) is 3.07. The van der Waals surface area contributed by atoms with Crippen molar-refractivity contribution in [1.82, 2.24) is 14.8 Å². The number of benzene rings is 1. The van der Waals surface area contributed by atoms with E-state index in [1.807, 2.05) is 6.07 Å². The molecule has 0 atom stereocenters. The zero-order chi connectivity index (χ0) is 17.1. The Morgan fingerprint density at radius 3 is 2.50 bits per heavy atom. The number of pyridine rings is 1. The minimum absolute atomic E-state index is 0.0370. The van der Waals surface area contributed by atoms with Gasteiger partial charge in [-0.05, 0) is 46.3 Å². The second-order valence-corrected chi connectivity index (χ2v) is 6.42. The van der Waals surface area contributed by atoms with E-state index in [4.69, 9.17) is 27.9 Å². The van der Waals surface area contributed by atoms with Crippen LogP contribution in [0.15, 0.2) is 58.2 Å². The molecule has 24 heavy (non-hydrogen) atoms. The van der Waals surface area contributed by atoms with Crippen LogP contribution in [0.4, 0.5) is 0 Å². The average Bonchev–Trinajstić information content (AvgIpc) is 2.59. The molecule has 0 radical (unpaired) electrons. The SMILES string of the molecule is O=c1c(Cl)c(OCc2ccc(Br)nc2)cnn1-c1ccc(Cl)cc1. The maximum absolute atomic E-state index is 12.4. The van der Waals surface area contributed by atoms with Gasteiger partial charge in [-0.2, -0.15) is 9.78 Å². The van der Waals surface area contributed by atoms with Gasteiger partial charge in [0.15, 0.2) is 10.8 Å². The maximum Gasteiger partial charge on any atom is 0.294 e. The van der Waals surface area contributed by atoms with E-state index in [0.29, 0.717) is 10.7 Å². The van der Waals surface area contributed by atoms with E-state index < -0.39 is 5.56 Å². The first-order valence-electron chi connectivity index (χ1n) is 6.81. The zero-order valence-corrected chi connectivity index (χ0v) is 15.2. The summed E-state index contributed by atoms with van der Waals surface area (Å²) in [5.74, 6) is 0.217. The smallest absolute Gasteiger partial charge is 0.294 e. The summed E-state index contributed by atoms with van der Waals surface area (Å²) in [7, 11) is 0. The van der Waals surface area contributed by atoms with Gasteiger partial charge in [0, 0.05) is 16.8 Å². The number of ether oxygens (including phenoxy) is 1. The van der Waals surface area contributed by atoms with Gasteiger partial charge in [0.1, 0.15) is 11.2 Å². The first-order chi connectivity index (χ1) is 11.5. The Kier molecular flexibility index (Phi) is 5.18. The molecule has 1 aromatic carbocycles. The van der Waals surface area contributed by atoms with Gasteiger partial charge in [-0.25, -0.2) is 4.98 Å². The lowest BCUT2D eigenvalue weighted by Crippen LogP contribution is -2.22. The largest absolute Gasteiger partial charge is 0.485 e. The van der Waals surface area contributed by atoms with E-state index in [1.165, 1.54) is 10.9 Å². The summed E-state index contributed by atoms with van der Waals surface area (Å²) in [4.78, 5) is 16.5. The molecule has 3 aromatic rings. The number of hydrogen-bond donors (Lipinski definition) is 0. The third-order valence-electron chi connectivity index (χ3n) is 3.14. The molecule has 0 N–H and O–H groups in total. The molecule has 3 rings (SSSR count). The minimum atomic E-state index is -0.467. The quantitative estimate of drug-likeness (QED) is 0.584. The number of aromatic nitrogens is 3. The highest BCUT2D eigenvalue weighted by molar-refractivity contribution is 9.10. The molecule has 8 heteroatoms. The molecule has 0 saturated heterocycles. The highest BCUT2D eigenvalue weighted by Crippen LogP contribution is 2.21. The second kappa shape index (κ2) is 7.34. The summed E-state index contributed by atoms with van der Waals surface area (Å²) in [6, 6.07) is 10.4. The maximum atomic E-state index is 12.4. The summed E-state index contributed by atoms with van der Waals surface area (Å²) in [5, 5.41) is 4.63. The molecule has 2 aromatic heterocycles. The molecule has 0 spiro atoms. The van der Waals surface area contributed by atoms with E-state index in [2.05, 4.69) is 26.0 Å². The average molecular weight is 427 g/mol. The summed E-state index contributed by atoms with van der Waals surface area (Å²) < 4.78 is 7.49. The predicted molar refractivity (Wildman–Crippen MR) is 96.1 cm³/mol. The predicted octanol–water partition coefficient (Wildman–Crippen LogP) is 4.28. The van der Waals surface area contributed by atoms with Gasteiger partial charge < -0.3 is 4.74 Å². The van der Waals surface area contributed by atoms with Crippen LogP contribution in [0.5, 0.6) is 5.75 Å². The molecule has 0 saturated carbocycles. The Balaban J connectivity index is 1.83. The van der Waals surface area contributed by atoms with Crippen molar-refractivity contribution < 1.29 is 4.74 Å². The van der Waals surface area contributed by atoms with Crippen LogP contribution in [-0.2, 0) is 6.61 Å². The standard InChI is InChI=1S/C16H10BrCl2N3O2/c17-14-6-1-10(7-20-14)9-24-13-8-21-22(16(23)15(13)19)12-4-2-11(18)3-5-12/h1-8H,9H2. The third-order valence-corrected chi connectivity index (χ3v) is 4.21. The number of halogens is 3. The van der Waals surface area contributed by atoms with Crippen molar-refractivity contribution >= 4 is 39.1 Å². The van der Waals surface area contributed by atoms with Crippen LogP contribution in [0.3, 0.4) is 0 Å². The van der Waals surface area contributed by atoms with Crippen LogP contribution >= 0.6 is 39.1 Å². The highest BCUT2D eigenvalue weighted by atomic mass is 79.9. The number of nitrogens with zero attached hydrogens (tertiary/aromatic N) is 3. The Morgan fingerprint density at radius 1 is 1.08 bits per heavy atom. The lowest BCUT2D eigenvalue weighted by Gasteiger charge is -2.10. The summed E-state index contributed by atoms with van der Waals surface area (Å²) in [6.45, 7) is 0.228. The van der Waals surface area contributed by atoms with Gasteiger partial charge in [-0.15, -0.1) is 0 Å². The normalized spacial score (nSPS) is 10.6. The lowest BCUT2D eigenvalue weighted by molar-refractivity contribution is 0.303. The fourth-order valence-corrected chi connectivity index (χ4v) is 2.48. The van der Waals surface area contributed by atoms with Crippen LogP contribution in [0.1, 0.15) is 5.56 Å². The molecule has 2 heterocycles. The minimum Gasteiger partial charge on any atom is -0.485 e. The lowest BCUT2D eigenvalue weighted by atomic mass is 10.3. The van der Waals surface area contributed by atoms with E-state index in [9.17, 15) is 4.79 Å². The molecular weight excluding hydrogens is 417 g/mol. The van der Waals surface area contributed by atoms with Gasteiger partial charge in [0.05, 0.1) is 11.9 Å². The van der Waals surface area contributed by atoms with Crippen molar-refractivity contribution in [2.24, 2.45) is 0 Å². The molecule has 122 valence electrons. The Labute approximate surface area is 155 Å². The molecule has 0 unspecified atom stereocenters. The van der Waals surface area contributed by atoms with Crippen molar-refractivity contribution in [2.75, 3.05) is 0 Å². The Hall–Kier alpha value is -1.89. The number of hydrogen-bond acceptors (Lipinski definition) is 4. The third kappa shape index (κ3) is 3.77. The summed E-state index contributed by atoms with van der Waals surface area (Å²) in [5.41, 5.74) is 0.941. The van der Waals surface area contributed by atoms with E-state index in [-0.39, 0.29) is 17.4 Å².